The molecule has 1 heterocycles. The van der Waals surface area contributed by atoms with E-state index < -0.39 is 39.3 Å². The Hall–Kier alpha value is -0.760. The van der Waals surface area contributed by atoms with Gasteiger partial charge in [0.15, 0.2) is 0 Å². The van der Waals surface area contributed by atoms with Crippen LogP contribution in [0.5, 0.6) is 0 Å². The molecule has 20 heavy (non-hydrogen) atoms. The molecule has 116 valence electrons. The molecule has 0 aromatic carbocycles. The van der Waals surface area contributed by atoms with Gasteiger partial charge in [-0.25, -0.2) is 0 Å². The minimum Gasteiger partial charge on any atom is -0.331 e. The summed E-state index contributed by atoms with van der Waals surface area (Å²) in [6.07, 6.45) is -1.07. The van der Waals surface area contributed by atoms with E-state index in [0.717, 1.165) is 9.80 Å². The first-order valence-corrected chi connectivity index (χ1v) is 9.22. The minimum absolute atomic E-state index is 0.235. The molecule has 2 amide bonds. The summed E-state index contributed by atoms with van der Waals surface area (Å²) in [5, 5.41) is 0. The summed E-state index contributed by atoms with van der Waals surface area (Å²) in [6, 6.07) is 0. The Balaban J connectivity index is 2.54. The molecule has 1 fully saturated rings. The minimum atomic E-state index is -4.25. The van der Waals surface area contributed by atoms with E-state index in [2.05, 4.69) is 0 Å². The van der Waals surface area contributed by atoms with E-state index in [0.29, 0.717) is 0 Å². The molecule has 0 aromatic heterocycles. The van der Waals surface area contributed by atoms with Gasteiger partial charge in [-0.15, -0.1) is 0 Å². The van der Waals surface area contributed by atoms with Crippen molar-refractivity contribution in [2.75, 3.05) is 38.5 Å². The second-order valence-corrected chi connectivity index (χ2v) is 7.96. The molecule has 12 heteroatoms. The van der Waals surface area contributed by atoms with Crippen molar-refractivity contribution in [3.05, 3.63) is 0 Å². The fourth-order valence-corrected chi connectivity index (χ4v) is 2.62. The van der Waals surface area contributed by atoms with Crippen LogP contribution in [0.3, 0.4) is 0 Å². The van der Waals surface area contributed by atoms with Crippen LogP contribution in [0.4, 0.5) is 0 Å². The van der Waals surface area contributed by atoms with Crippen molar-refractivity contribution in [3.8, 4) is 0 Å². The van der Waals surface area contributed by atoms with Crippen molar-refractivity contribution < 1.29 is 38.3 Å². The highest BCUT2D eigenvalue weighted by atomic mass is 31.2. The van der Waals surface area contributed by atoms with Crippen LogP contribution in [0.25, 0.3) is 0 Å². The number of carbonyl (C=O) groups is 2. The van der Waals surface area contributed by atoms with Crippen LogP contribution < -0.4 is 0 Å². The second kappa shape index (κ2) is 6.34. The highest BCUT2D eigenvalue weighted by Crippen LogP contribution is 2.34. The Bertz CT molecular complexity index is 439. The van der Waals surface area contributed by atoms with E-state index in [1.165, 1.54) is 0 Å². The third kappa shape index (κ3) is 6.13. The van der Waals surface area contributed by atoms with Gasteiger partial charge in [0, 0.05) is 13.1 Å². The summed E-state index contributed by atoms with van der Waals surface area (Å²) in [6.45, 7) is -1.16. The standard InChI is InChI=1S/C8H16N2O8P2/c11-7-6-10(2-4-20(16,17)18)8(12)5-9(7)1-3-19(13,14)15/h1-6H2,(H2,13,14,15)(H2,16,17,18). The molecule has 1 aliphatic heterocycles. The van der Waals surface area contributed by atoms with Crippen LogP contribution in [-0.4, -0.2) is 79.7 Å². The first-order chi connectivity index (χ1) is 8.98. The van der Waals surface area contributed by atoms with Gasteiger partial charge in [-0.05, 0) is 0 Å². The molecule has 0 saturated carbocycles. The molecule has 1 rings (SSSR count). The van der Waals surface area contributed by atoms with Crippen molar-refractivity contribution in [3.63, 3.8) is 0 Å². The Kier molecular flexibility index (Phi) is 5.48. The summed E-state index contributed by atoms with van der Waals surface area (Å²) in [5.41, 5.74) is 0. The van der Waals surface area contributed by atoms with Crippen LogP contribution in [-0.2, 0) is 18.7 Å². The highest BCUT2D eigenvalue weighted by molar-refractivity contribution is 7.52. The lowest BCUT2D eigenvalue weighted by atomic mass is 10.3. The lowest BCUT2D eigenvalue weighted by Gasteiger charge is -2.33. The SMILES string of the molecule is O=C1CN(CCP(=O)(O)O)C(=O)CN1CCP(=O)(O)O. The quantitative estimate of drug-likeness (QED) is 0.408. The van der Waals surface area contributed by atoms with Crippen LogP contribution in [0, 0.1) is 0 Å². The van der Waals surface area contributed by atoms with Crippen molar-refractivity contribution in [1.29, 1.82) is 0 Å². The van der Waals surface area contributed by atoms with E-state index in [1.54, 1.807) is 0 Å². The smallest absolute Gasteiger partial charge is 0.327 e. The lowest BCUT2D eigenvalue weighted by Crippen LogP contribution is -2.54. The lowest BCUT2D eigenvalue weighted by molar-refractivity contribution is -0.149. The molecular weight excluding hydrogens is 314 g/mol. The van der Waals surface area contributed by atoms with Crippen molar-refractivity contribution in [2.45, 2.75) is 0 Å². The van der Waals surface area contributed by atoms with Crippen LogP contribution in [0.1, 0.15) is 0 Å². The summed E-state index contributed by atoms with van der Waals surface area (Å²) in [5.74, 6) is -1.02. The summed E-state index contributed by atoms with van der Waals surface area (Å²) < 4.78 is 21.4. The number of nitrogens with zero attached hydrogens (tertiary/aromatic N) is 2. The number of rotatable bonds is 6. The fraction of sp³-hybridized carbons (Fsp3) is 0.750. The maximum atomic E-state index is 11.7. The third-order valence-electron chi connectivity index (χ3n) is 2.68. The van der Waals surface area contributed by atoms with Gasteiger partial charge in [-0.3, -0.25) is 18.7 Å². The molecule has 0 atom stereocenters. The van der Waals surface area contributed by atoms with Gasteiger partial charge in [0.1, 0.15) is 0 Å². The fourth-order valence-electron chi connectivity index (χ4n) is 1.61. The molecule has 0 spiro atoms. The van der Waals surface area contributed by atoms with Crippen molar-refractivity contribution >= 4 is 27.0 Å². The number of hydrogen-bond donors (Lipinski definition) is 4. The summed E-state index contributed by atoms with van der Waals surface area (Å²) in [4.78, 5) is 60.3. The van der Waals surface area contributed by atoms with Gasteiger partial charge in [0.2, 0.25) is 11.8 Å². The molecule has 0 aliphatic carbocycles. The van der Waals surface area contributed by atoms with Gasteiger partial charge < -0.3 is 29.4 Å². The zero-order valence-corrected chi connectivity index (χ0v) is 12.2. The molecule has 0 bridgehead atoms. The zero-order valence-electron chi connectivity index (χ0n) is 10.5. The van der Waals surface area contributed by atoms with Gasteiger partial charge in [0.25, 0.3) is 0 Å². The number of amides is 2. The Morgan fingerprint density at radius 3 is 1.35 bits per heavy atom. The second-order valence-electron chi connectivity index (χ2n) is 4.41. The van der Waals surface area contributed by atoms with Crippen LogP contribution in [0.15, 0.2) is 0 Å². The molecule has 0 unspecified atom stereocenters. The van der Waals surface area contributed by atoms with E-state index >= 15 is 0 Å². The Labute approximate surface area is 114 Å². The topological polar surface area (TPSA) is 156 Å². The summed E-state index contributed by atoms with van der Waals surface area (Å²) >= 11 is 0. The van der Waals surface area contributed by atoms with Crippen LogP contribution >= 0.6 is 15.2 Å². The maximum Gasteiger partial charge on any atom is 0.327 e. The van der Waals surface area contributed by atoms with E-state index in [9.17, 15) is 18.7 Å². The van der Waals surface area contributed by atoms with Crippen molar-refractivity contribution in [1.82, 2.24) is 9.80 Å². The Morgan fingerprint density at radius 1 is 0.800 bits per heavy atom. The van der Waals surface area contributed by atoms with Gasteiger partial charge in [0.05, 0.1) is 25.4 Å². The monoisotopic (exact) mass is 330 g/mol. The number of piperazine rings is 1. The predicted octanol–water partition coefficient (Wildman–Crippen LogP) is -1.99. The molecule has 1 aliphatic rings. The first-order valence-electron chi connectivity index (χ1n) is 5.63. The average Bonchev–Trinajstić information content (AvgIpc) is 2.25. The molecule has 0 radical (unpaired) electrons. The summed E-state index contributed by atoms with van der Waals surface area (Å²) in [7, 11) is -8.50. The Morgan fingerprint density at radius 2 is 1.10 bits per heavy atom. The molecule has 4 N–H and O–H groups in total. The van der Waals surface area contributed by atoms with Gasteiger partial charge in [-0.1, -0.05) is 0 Å². The van der Waals surface area contributed by atoms with Gasteiger partial charge in [-0.2, -0.15) is 0 Å². The number of hydrogen-bond acceptors (Lipinski definition) is 4. The third-order valence-corrected chi connectivity index (χ3v) is 4.25. The molecular formula is C8H16N2O8P2. The van der Waals surface area contributed by atoms with Crippen LogP contribution in [0.2, 0.25) is 0 Å². The number of carbonyl (C=O) groups excluding carboxylic acids is 2. The average molecular weight is 330 g/mol. The first kappa shape index (κ1) is 17.3. The zero-order chi connectivity index (χ0) is 15.6. The van der Waals surface area contributed by atoms with E-state index in [1.807, 2.05) is 0 Å². The van der Waals surface area contributed by atoms with Gasteiger partial charge >= 0.3 is 15.2 Å². The highest BCUT2D eigenvalue weighted by Gasteiger charge is 2.31. The normalized spacial score (nSPS) is 17.8. The predicted molar refractivity (Wildman–Crippen MR) is 67.0 cm³/mol. The molecule has 0 aromatic rings. The molecule has 10 nitrogen and oxygen atoms in total. The van der Waals surface area contributed by atoms with E-state index in [-0.39, 0.29) is 26.2 Å². The van der Waals surface area contributed by atoms with E-state index in [4.69, 9.17) is 19.6 Å². The largest absolute Gasteiger partial charge is 0.331 e. The molecule has 1 saturated heterocycles. The van der Waals surface area contributed by atoms with Crippen molar-refractivity contribution in [2.24, 2.45) is 0 Å². The maximum absolute atomic E-state index is 11.7.